The molecule has 0 saturated heterocycles. The van der Waals surface area contributed by atoms with Crippen LogP contribution in [0.15, 0.2) is 59.1 Å². The second-order valence-corrected chi connectivity index (χ2v) is 6.41. The van der Waals surface area contributed by atoms with Crippen LogP contribution in [0.3, 0.4) is 0 Å². The first kappa shape index (κ1) is 18.0. The van der Waals surface area contributed by atoms with Crippen molar-refractivity contribution in [1.29, 1.82) is 0 Å². The number of halogens is 1. The van der Waals surface area contributed by atoms with Crippen LogP contribution in [0.1, 0.15) is 0 Å². The minimum atomic E-state index is 0.659. The number of benzene rings is 2. The number of anilines is 2. The lowest BCUT2D eigenvalue weighted by Crippen LogP contribution is -2.23. The van der Waals surface area contributed by atoms with Gasteiger partial charge in [0.05, 0.1) is 11.2 Å². The van der Waals surface area contributed by atoms with Crippen molar-refractivity contribution in [2.24, 2.45) is 10.3 Å². The average molecular weight is 370 g/mol. The molecule has 0 amide bonds. The van der Waals surface area contributed by atoms with Gasteiger partial charge in [-0.25, -0.2) is 9.97 Å². The van der Waals surface area contributed by atoms with Crippen LogP contribution in [0.25, 0.3) is 10.9 Å². The minimum absolute atomic E-state index is 0.659. The highest BCUT2D eigenvalue weighted by Gasteiger charge is 2.06. The van der Waals surface area contributed by atoms with Gasteiger partial charge in [0.15, 0.2) is 0 Å². The van der Waals surface area contributed by atoms with Crippen molar-refractivity contribution < 1.29 is 0 Å². The largest absolute Gasteiger partial charge is 0.340 e. The average Bonchev–Trinajstić information content (AvgIpc) is 2.62. The quantitative estimate of drug-likeness (QED) is 0.371. The van der Waals surface area contributed by atoms with E-state index in [4.69, 9.17) is 11.6 Å². The van der Waals surface area contributed by atoms with Crippen molar-refractivity contribution in [3.05, 3.63) is 53.8 Å². The summed E-state index contributed by atoms with van der Waals surface area (Å²) < 4.78 is 0. The van der Waals surface area contributed by atoms with Gasteiger partial charge in [-0.3, -0.25) is 5.43 Å². The van der Waals surface area contributed by atoms with Gasteiger partial charge in [-0.2, -0.15) is 0 Å². The molecular weight excluding hydrogens is 350 g/mol. The van der Waals surface area contributed by atoms with Crippen LogP contribution in [0.5, 0.6) is 0 Å². The molecule has 0 radical (unpaired) electrons. The zero-order valence-electron chi connectivity index (χ0n) is 14.6. The van der Waals surface area contributed by atoms with Crippen LogP contribution >= 0.6 is 11.6 Å². The van der Waals surface area contributed by atoms with E-state index >= 15 is 0 Å². The fraction of sp³-hybridized carbons (Fsp3) is 0.222. The lowest BCUT2D eigenvalue weighted by molar-refractivity contribution is 0.400. The van der Waals surface area contributed by atoms with E-state index < -0.39 is 0 Å². The molecule has 0 saturated carbocycles. The lowest BCUT2D eigenvalue weighted by atomic mass is 10.2. The van der Waals surface area contributed by atoms with Crippen LogP contribution in [0, 0.1) is 0 Å². The molecule has 3 rings (SSSR count). The first-order valence-corrected chi connectivity index (χ1v) is 8.55. The van der Waals surface area contributed by atoms with E-state index in [1.807, 2.05) is 56.6 Å². The molecular formula is C18H20ClN7. The van der Waals surface area contributed by atoms with Crippen LogP contribution in [0.2, 0.25) is 5.02 Å². The molecule has 1 aromatic heterocycles. The van der Waals surface area contributed by atoms with Gasteiger partial charge in [0.2, 0.25) is 0 Å². The highest BCUT2D eigenvalue weighted by Crippen LogP contribution is 2.27. The summed E-state index contributed by atoms with van der Waals surface area (Å²) in [6.45, 7) is 1.62. The van der Waals surface area contributed by atoms with Gasteiger partial charge < -0.3 is 10.2 Å². The summed E-state index contributed by atoms with van der Waals surface area (Å²) in [6, 6.07) is 13.1. The van der Waals surface area contributed by atoms with Gasteiger partial charge in [-0.1, -0.05) is 22.9 Å². The third kappa shape index (κ3) is 4.87. The molecule has 0 unspecified atom stereocenters. The van der Waals surface area contributed by atoms with Crippen molar-refractivity contribution in [1.82, 2.24) is 20.3 Å². The third-order valence-electron chi connectivity index (χ3n) is 3.61. The molecule has 0 aliphatic rings. The summed E-state index contributed by atoms with van der Waals surface area (Å²) >= 11 is 6.05. The Hall–Kier alpha value is -2.77. The topological polar surface area (TPSA) is 77.8 Å². The SMILES string of the molecule is CN(C)CCN/N=N/c1ccc2ncnc(Nc3cccc(Cl)c3)c2c1. The van der Waals surface area contributed by atoms with Gasteiger partial charge in [-0.05, 0) is 50.5 Å². The molecule has 0 aliphatic carbocycles. The monoisotopic (exact) mass is 369 g/mol. The maximum Gasteiger partial charge on any atom is 0.141 e. The standard InChI is InChI=1S/C18H20ClN7/c1-26(2)9-8-22-25-24-15-6-7-17-16(11-15)18(21-12-20-17)23-14-5-3-4-13(19)10-14/h3-7,10-12H,8-9H2,1-2H3,(H,22,24)(H,20,21,23). The van der Waals surface area contributed by atoms with E-state index in [0.29, 0.717) is 10.8 Å². The summed E-state index contributed by atoms with van der Waals surface area (Å²) in [6.07, 6.45) is 1.53. The molecule has 0 atom stereocenters. The molecule has 0 spiro atoms. The van der Waals surface area contributed by atoms with Crippen LogP contribution in [0.4, 0.5) is 17.2 Å². The second kappa shape index (κ2) is 8.55. The minimum Gasteiger partial charge on any atom is -0.340 e. The predicted molar refractivity (Wildman–Crippen MR) is 105 cm³/mol. The first-order chi connectivity index (χ1) is 12.6. The van der Waals surface area contributed by atoms with Crippen molar-refractivity contribution >= 4 is 39.7 Å². The van der Waals surface area contributed by atoms with Gasteiger partial charge in [0.1, 0.15) is 12.1 Å². The Labute approximate surface area is 157 Å². The molecule has 26 heavy (non-hydrogen) atoms. The van der Waals surface area contributed by atoms with Crippen molar-refractivity contribution in [3.63, 3.8) is 0 Å². The summed E-state index contributed by atoms with van der Waals surface area (Å²) in [5.41, 5.74) is 5.33. The smallest absolute Gasteiger partial charge is 0.141 e. The number of hydrogen-bond acceptors (Lipinski definition) is 6. The van der Waals surface area contributed by atoms with Crippen LogP contribution in [-0.4, -0.2) is 42.1 Å². The number of aromatic nitrogens is 2. The molecule has 7 nitrogen and oxygen atoms in total. The number of nitrogens with one attached hydrogen (secondary N) is 2. The van der Waals surface area contributed by atoms with E-state index in [2.05, 4.69) is 35.9 Å². The number of hydrogen-bond donors (Lipinski definition) is 2. The van der Waals surface area contributed by atoms with E-state index in [1.54, 1.807) is 0 Å². The number of nitrogens with zero attached hydrogens (tertiary/aromatic N) is 5. The zero-order chi connectivity index (χ0) is 18.4. The van der Waals surface area contributed by atoms with E-state index in [1.165, 1.54) is 6.33 Å². The second-order valence-electron chi connectivity index (χ2n) is 5.97. The third-order valence-corrected chi connectivity index (χ3v) is 3.85. The summed E-state index contributed by atoms with van der Waals surface area (Å²) in [4.78, 5) is 10.7. The van der Waals surface area contributed by atoms with E-state index in [0.717, 1.165) is 35.4 Å². The van der Waals surface area contributed by atoms with Gasteiger partial charge in [-0.15, -0.1) is 5.11 Å². The van der Waals surface area contributed by atoms with E-state index in [9.17, 15) is 0 Å². The molecule has 8 heteroatoms. The molecule has 134 valence electrons. The molecule has 3 aromatic rings. The van der Waals surface area contributed by atoms with Gasteiger partial charge in [0.25, 0.3) is 0 Å². The molecule has 0 bridgehead atoms. The number of likely N-dealkylation sites (N-methyl/N-ethyl adjacent to an activating group) is 1. The van der Waals surface area contributed by atoms with Crippen molar-refractivity contribution in [2.75, 3.05) is 32.5 Å². The van der Waals surface area contributed by atoms with Crippen LogP contribution in [-0.2, 0) is 0 Å². The summed E-state index contributed by atoms with van der Waals surface area (Å²) in [5.74, 6) is 0.690. The highest BCUT2D eigenvalue weighted by molar-refractivity contribution is 6.30. The summed E-state index contributed by atoms with van der Waals surface area (Å²) in [7, 11) is 4.02. The molecule has 0 aliphatic heterocycles. The molecule has 1 heterocycles. The number of rotatable bonds is 7. The zero-order valence-corrected chi connectivity index (χ0v) is 15.4. The first-order valence-electron chi connectivity index (χ1n) is 8.17. The predicted octanol–water partition coefficient (Wildman–Crippen LogP) is 4.18. The molecule has 2 N–H and O–H groups in total. The van der Waals surface area contributed by atoms with Crippen molar-refractivity contribution in [2.45, 2.75) is 0 Å². The summed E-state index contributed by atoms with van der Waals surface area (Å²) in [5, 5.41) is 13.0. The normalized spacial score (nSPS) is 11.4. The Morgan fingerprint density at radius 2 is 2.00 bits per heavy atom. The van der Waals surface area contributed by atoms with Gasteiger partial charge in [0, 0.05) is 29.2 Å². The Balaban J connectivity index is 1.80. The fourth-order valence-corrected chi connectivity index (χ4v) is 2.52. The molecule has 2 aromatic carbocycles. The van der Waals surface area contributed by atoms with Crippen LogP contribution < -0.4 is 10.7 Å². The van der Waals surface area contributed by atoms with Gasteiger partial charge >= 0.3 is 0 Å². The maximum absolute atomic E-state index is 6.05. The number of fused-ring (bicyclic) bond motifs is 1. The Kier molecular flexibility index (Phi) is 5.93. The Morgan fingerprint density at radius 1 is 1.12 bits per heavy atom. The highest BCUT2D eigenvalue weighted by atomic mass is 35.5. The maximum atomic E-state index is 6.05. The Bertz CT molecular complexity index is 911. The Morgan fingerprint density at radius 3 is 2.81 bits per heavy atom. The van der Waals surface area contributed by atoms with E-state index in [-0.39, 0.29) is 0 Å². The molecule has 0 fully saturated rings. The van der Waals surface area contributed by atoms with Crippen molar-refractivity contribution in [3.8, 4) is 0 Å². The lowest BCUT2D eigenvalue weighted by Gasteiger charge is -2.09. The fourth-order valence-electron chi connectivity index (χ4n) is 2.33.